The van der Waals surface area contributed by atoms with Gasteiger partial charge in [-0.25, -0.2) is 4.39 Å². The Morgan fingerprint density at radius 1 is 1.05 bits per heavy atom. The molecule has 2 aliphatic heterocycles. The average molecular weight is 557 g/mol. The van der Waals surface area contributed by atoms with Crippen molar-refractivity contribution in [3.63, 3.8) is 0 Å². The van der Waals surface area contributed by atoms with E-state index in [0.29, 0.717) is 26.1 Å². The van der Waals surface area contributed by atoms with Gasteiger partial charge in [0.05, 0.1) is 0 Å². The first kappa shape index (κ1) is 29.3. The largest absolute Gasteiger partial charge is 0.383 e. The molecule has 1 unspecified atom stereocenters. The van der Waals surface area contributed by atoms with Crippen molar-refractivity contribution in [2.24, 2.45) is 5.73 Å². The van der Waals surface area contributed by atoms with Crippen molar-refractivity contribution in [1.82, 2.24) is 20.0 Å². The lowest BCUT2D eigenvalue weighted by molar-refractivity contribution is -0.130. The maximum atomic E-state index is 13.1. The molecule has 2 amide bonds. The van der Waals surface area contributed by atoms with Gasteiger partial charge in [0.25, 0.3) is 0 Å². The van der Waals surface area contributed by atoms with Crippen molar-refractivity contribution in [1.29, 1.82) is 0 Å². The van der Waals surface area contributed by atoms with Crippen LogP contribution in [-0.4, -0.2) is 103 Å². The Bertz CT molecular complexity index is 1080. The van der Waals surface area contributed by atoms with Gasteiger partial charge in [0.15, 0.2) is 0 Å². The van der Waals surface area contributed by atoms with Crippen LogP contribution in [0.2, 0.25) is 0 Å². The molecule has 2 fully saturated rings. The number of piperazine rings is 1. The third kappa shape index (κ3) is 8.17. The molecule has 3 atom stereocenters. The van der Waals surface area contributed by atoms with Gasteiger partial charge < -0.3 is 31.1 Å². The highest BCUT2D eigenvalue weighted by molar-refractivity contribution is 8.01. The Hall–Kier alpha value is -2.66. The molecule has 0 spiro atoms. The first-order chi connectivity index (χ1) is 18.8. The van der Waals surface area contributed by atoms with E-state index < -0.39 is 11.4 Å². The zero-order valence-electron chi connectivity index (χ0n) is 22.9. The van der Waals surface area contributed by atoms with E-state index in [9.17, 15) is 14.0 Å². The van der Waals surface area contributed by atoms with Crippen molar-refractivity contribution in [2.45, 2.75) is 36.4 Å². The summed E-state index contributed by atoms with van der Waals surface area (Å²) in [5, 5.41) is 5.52. The molecule has 0 radical (unpaired) electrons. The quantitative estimate of drug-likeness (QED) is 0.368. The van der Waals surface area contributed by atoms with Crippen LogP contribution in [0.4, 0.5) is 10.1 Å². The lowest BCUT2D eigenvalue weighted by Crippen LogP contribution is -2.53. The number of nitrogens with zero attached hydrogens (tertiary/aromatic N) is 3. The highest BCUT2D eigenvalue weighted by Gasteiger charge is 2.44. The second-order valence-corrected chi connectivity index (χ2v) is 11.6. The SMILES string of the molecule is CCN1C(=O)[C@@H](CNc2ccc(CCN3CCN(C)CC3)cc2)SC1[C@H](N)C(=O)NCCc1ccc(F)cc1. The van der Waals surface area contributed by atoms with E-state index in [-0.39, 0.29) is 22.9 Å². The molecule has 212 valence electrons. The van der Waals surface area contributed by atoms with E-state index in [4.69, 9.17) is 5.73 Å². The van der Waals surface area contributed by atoms with Crippen LogP contribution in [-0.2, 0) is 22.4 Å². The van der Waals surface area contributed by atoms with E-state index in [0.717, 1.165) is 50.4 Å². The Labute approximate surface area is 235 Å². The summed E-state index contributed by atoms with van der Waals surface area (Å²) in [7, 11) is 2.17. The van der Waals surface area contributed by atoms with E-state index in [1.165, 1.54) is 29.5 Å². The summed E-state index contributed by atoms with van der Waals surface area (Å²) in [6.45, 7) is 8.84. The second-order valence-electron chi connectivity index (χ2n) is 10.3. The molecule has 2 saturated heterocycles. The standard InChI is InChI=1S/C29H41FN6O2S/c1-3-36-28(38)25(39-29(36)26(31)27(37)32-14-12-21-4-8-23(30)9-5-21)20-33-24-10-6-22(7-11-24)13-15-35-18-16-34(2)17-19-35/h4-11,25-26,29,33H,3,12-20,31H2,1-2H3,(H,32,37)/t25-,26-,29?/m1/s1. The van der Waals surface area contributed by atoms with Crippen LogP contribution in [0.1, 0.15) is 18.1 Å². The highest BCUT2D eigenvalue weighted by Crippen LogP contribution is 2.33. The monoisotopic (exact) mass is 556 g/mol. The van der Waals surface area contributed by atoms with Crippen molar-refractivity contribution in [2.75, 3.05) is 64.7 Å². The number of hydrogen-bond donors (Lipinski definition) is 3. The molecule has 0 saturated carbocycles. The number of rotatable bonds is 12. The van der Waals surface area contributed by atoms with Gasteiger partial charge in [-0.15, -0.1) is 11.8 Å². The summed E-state index contributed by atoms with van der Waals surface area (Å²) >= 11 is 1.44. The number of amides is 2. The number of carbonyl (C=O) groups excluding carboxylic acids is 2. The van der Waals surface area contributed by atoms with Crippen LogP contribution in [0.3, 0.4) is 0 Å². The first-order valence-electron chi connectivity index (χ1n) is 13.8. The molecule has 4 rings (SSSR count). The number of thioether (sulfide) groups is 1. The molecule has 8 nitrogen and oxygen atoms in total. The molecule has 0 aromatic heterocycles. The lowest BCUT2D eigenvalue weighted by atomic mass is 10.1. The summed E-state index contributed by atoms with van der Waals surface area (Å²) < 4.78 is 13.1. The van der Waals surface area contributed by atoms with Gasteiger partial charge in [-0.2, -0.15) is 0 Å². The van der Waals surface area contributed by atoms with Crippen molar-refractivity contribution >= 4 is 29.3 Å². The summed E-state index contributed by atoms with van der Waals surface area (Å²) in [6, 6.07) is 13.8. The number of carbonyl (C=O) groups is 2. The second kappa shape index (κ2) is 14.1. The third-order valence-electron chi connectivity index (χ3n) is 7.50. The van der Waals surface area contributed by atoms with Gasteiger partial charge >= 0.3 is 0 Å². The van der Waals surface area contributed by atoms with Crippen LogP contribution in [0.25, 0.3) is 0 Å². The number of nitrogens with two attached hydrogens (primary N) is 1. The molecular weight excluding hydrogens is 515 g/mol. The minimum Gasteiger partial charge on any atom is -0.383 e. The normalized spacial score (nSPS) is 21.2. The minimum absolute atomic E-state index is 0.00152. The predicted molar refractivity (Wildman–Crippen MR) is 156 cm³/mol. The van der Waals surface area contributed by atoms with Crippen molar-refractivity contribution in [3.8, 4) is 0 Å². The molecule has 39 heavy (non-hydrogen) atoms. The number of nitrogens with one attached hydrogen (secondary N) is 2. The molecule has 2 aliphatic rings. The Morgan fingerprint density at radius 2 is 1.69 bits per heavy atom. The average Bonchev–Trinajstić information content (AvgIpc) is 3.27. The Balaban J connectivity index is 1.22. The predicted octanol–water partition coefficient (Wildman–Crippen LogP) is 2.00. The van der Waals surface area contributed by atoms with Gasteiger partial charge in [-0.1, -0.05) is 24.3 Å². The maximum Gasteiger partial charge on any atom is 0.239 e. The lowest BCUT2D eigenvalue weighted by Gasteiger charge is -2.32. The van der Waals surface area contributed by atoms with E-state index in [1.54, 1.807) is 17.0 Å². The Kier molecular flexibility index (Phi) is 10.6. The third-order valence-corrected chi connectivity index (χ3v) is 9.03. The molecule has 0 aliphatic carbocycles. The maximum absolute atomic E-state index is 13.1. The Morgan fingerprint density at radius 3 is 2.36 bits per heavy atom. The van der Waals surface area contributed by atoms with Gasteiger partial charge in [-0.3, -0.25) is 9.59 Å². The van der Waals surface area contributed by atoms with Crippen LogP contribution in [0.5, 0.6) is 0 Å². The van der Waals surface area contributed by atoms with Crippen LogP contribution >= 0.6 is 11.8 Å². The summed E-state index contributed by atoms with van der Waals surface area (Å²) in [5.74, 6) is -0.579. The fourth-order valence-corrected chi connectivity index (χ4v) is 6.41. The van der Waals surface area contributed by atoms with Gasteiger partial charge in [0.1, 0.15) is 22.5 Å². The zero-order valence-corrected chi connectivity index (χ0v) is 23.8. The molecule has 2 aromatic carbocycles. The molecule has 0 bridgehead atoms. The number of hydrogen-bond acceptors (Lipinski definition) is 7. The number of halogens is 1. The van der Waals surface area contributed by atoms with E-state index in [2.05, 4.69) is 51.7 Å². The smallest absolute Gasteiger partial charge is 0.239 e. The van der Waals surface area contributed by atoms with Crippen LogP contribution in [0.15, 0.2) is 48.5 Å². The highest BCUT2D eigenvalue weighted by atomic mass is 32.2. The van der Waals surface area contributed by atoms with Gasteiger partial charge in [-0.05, 0) is 62.2 Å². The number of benzene rings is 2. The molecule has 2 heterocycles. The fourth-order valence-electron chi connectivity index (χ4n) is 4.95. The van der Waals surface area contributed by atoms with Crippen molar-refractivity contribution in [3.05, 3.63) is 65.5 Å². The molecule has 10 heteroatoms. The topological polar surface area (TPSA) is 93.9 Å². The van der Waals surface area contributed by atoms with Crippen molar-refractivity contribution < 1.29 is 14.0 Å². The molecule has 2 aromatic rings. The molecular formula is C29H41FN6O2S. The van der Waals surface area contributed by atoms with Crippen LogP contribution < -0.4 is 16.4 Å². The van der Waals surface area contributed by atoms with Gasteiger partial charge in [0, 0.05) is 58.0 Å². The number of likely N-dealkylation sites (N-methyl/N-ethyl adjacent to an activating group) is 2. The van der Waals surface area contributed by atoms with E-state index in [1.807, 2.05) is 6.92 Å². The van der Waals surface area contributed by atoms with Crippen LogP contribution in [0, 0.1) is 5.82 Å². The zero-order chi connectivity index (χ0) is 27.8. The fraction of sp³-hybridized carbons (Fsp3) is 0.517. The summed E-state index contributed by atoms with van der Waals surface area (Å²) in [5.41, 5.74) is 9.53. The molecule has 4 N–H and O–H groups in total. The number of anilines is 1. The summed E-state index contributed by atoms with van der Waals surface area (Å²) in [4.78, 5) is 32.4. The van der Waals surface area contributed by atoms with E-state index >= 15 is 0 Å². The van der Waals surface area contributed by atoms with Gasteiger partial charge in [0.2, 0.25) is 11.8 Å². The first-order valence-corrected chi connectivity index (χ1v) is 14.8. The minimum atomic E-state index is -0.836. The summed E-state index contributed by atoms with van der Waals surface area (Å²) in [6.07, 6.45) is 1.60.